The molecule has 1 heterocycles. The number of likely N-dealkylation sites (tertiary alicyclic amines) is 1. The number of amides is 1. The molecule has 1 saturated heterocycles. The minimum absolute atomic E-state index is 0. The molecular formula is C16H26ClN3O2. The van der Waals surface area contributed by atoms with Crippen LogP contribution in [0.1, 0.15) is 19.8 Å². The minimum Gasteiger partial charge on any atom is -0.492 e. The summed E-state index contributed by atoms with van der Waals surface area (Å²) in [5, 5.41) is 6.24. The van der Waals surface area contributed by atoms with Gasteiger partial charge in [0, 0.05) is 12.6 Å². The quantitative estimate of drug-likeness (QED) is 0.840. The normalized spacial score (nSPS) is 18.4. The smallest absolute Gasteiger partial charge is 0.238 e. The standard InChI is InChI=1S/C16H25N3O2.ClH/c1-3-21-15-9-5-4-8-14(15)18-16(20)12-19-10-6-7-13(11-19)17-2;/h4-5,8-9,13,17H,3,6-7,10-12H2,1-2H3,(H,18,20);1H. The fraction of sp³-hybridized carbons (Fsp3) is 0.562. The predicted molar refractivity (Wildman–Crippen MR) is 92.0 cm³/mol. The van der Waals surface area contributed by atoms with Crippen molar-refractivity contribution in [3.05, 3.63) is 24.3 Å². The van der Waals surface area contributed by atoms with E-state index in [1.165, 1.54) is 6.42 Å². The Bertz CT molecular complexity index is 470. The maximum atomic E-state index is 12.2. The lowest BCUT2D eigenvalue weighted by Crippen LogP contribution is -2.46. The zero-order valence-corrected chi connectivity index (χ0v) is 14.1. The van der Waals surface area contributed by atoms with Gasteiger partial charge in [0.2, 0.25) is 5.91 Å². The molecule has 0 aromatic heterocycles. The van der Waals surface area contributed by atoms with E-state index in [9.17, 15) is 4.79 Å². The molecule has 1 aromatic rings. The fourth-order valence-electron chi connectivity index (χ4n) is 2.68. The average Bonchev–Trinajstić information content (AvgIpc) is 2.49. The number of halogens is 1. The number of rotatable bonds is 6. The summed E-state index contributed by atoms with van der Waals surface area (Å²) in [4.78, 5) is 14.4. The Morgan fingerprint density at radius 1 is 1.41 bits per heavy atom. The van der Waals surface area contributed by atoms with Crippen LogP contribution in [0, 0.1) is 0 Å². The molecule has 124 valence electrons. The molecule has 2 N–H and O–H groups in total. The van der Waals surface area contributed by atoms with Crippen molar-refractivity contribution < 1.29 is 9.53 Å². The molecule has 0 aliphatic carbocycles. The highest BCUT2D eigenvalue weighted by molar-refractivity contribution is 5.93. The molecule has 1 aliphatic rings. The number of benzene rings is 1. The maximum Gasteiger partial charge on any atom is 0.238 e. The molecule has 1 amide bonds. The van der Waals surface area contributed by atoms with Gasteiger partial charge in [-0.3, -0.25) is 9.69 Å². The van der Waals surface area contributed by atoms with Crippen LogP contribution in [-0.4, -0.2) is 50.1 Å². The lowest BCUT2D eigenvalue weighted by molar-refractivity contribution is -0.117. The number of piperidine rings is 1. The van der Waals surface area contributed by atoms with E-state index in [1.807, 2.05) is 38.2 Å². The summed E-state index contributed by atoms with van der Waals surface area (Å²) in [6.07, 6.45) is 2.32. The van der Waals surface area contributed by atoms with E-state index in [4.69, 9.17) is 4.74 Å². The number of likely N-dealkylation sites (N-methyl/N-ethyl adjacent to an activating group) is 1. The summed E-state index contributed by atoms with van der Waals surface area (Å²) < 4.78 is 5.52. The molecule has 6 heteroatoms. The molecule has 1 aliphatic heterocycles. The number of anilines is 1. The average molecular weight is 328 g/mol. The third-order valence-corrected chi connectivity index (χ3v) is 3.74. The molecule has 5 nitrogen and oxygen atoms in total. The summed E-state index contributed by atoms with van der Waals surface area (Å²) in [5.41, 5.74) is 0.742. The molecule has 1 atom stereocenters. The summed E-state index contributed by atoms with van der Waals surface area (Å²) >= 11 is 0. The molecular weight excluding hydrogens is 302 g/mol. The van der Waals surface area contributed by atoms with Crippen LogP contribution in [0.15, 0.2) is 24.3 Å². The zero-order chi connectivity index (χ0) is 15.1. The van der Waals surface area contributed by atoms with E-state index in [2.05, 4.69) is 15.5 Å². The first-order valence-corrected chi connectivity index (χ1v) is 7.64. The summed E-state index contributed by atoms with van der Waals surface area (Å²) in [7, 11) is 1.98. The number of para-hydroxylation sites is 2. The monoisotopic (exact) mass is 327 g/mol. The van der Waals surface area contributed by atoms with Gasteiger partial charge in [-0.1, -0.05) is 12.1 Å². The highest BCUT2D eigenvalue weighted by Crippen LogP contribution is 2.23. The van der Waals surface area contributed by atoms with Crippen molar-refractivity contribution in [2.24, 2.45) is 0 Å². The summed E-state index contributed by atoms with van der Waals surface area (Å²) in [6, 6.07) is 8.04. The molecule has 0 radical (unpaired) electrons. The van der Waals surface area contributed by atoms with E-state index in [0.29, 0.717) is 19.2 Å². The first-order chi connectivity index (χ1) is 10.2. The van der Waals surface area contributed by atoms with Gasteiger partial charge in [-0.2, -0.15) is 0 Å². The number of ether oxygens (including phenoxy) is 1. The maximum absolute atomic E-state index is 12.2. The number of hydrogen-bond acceptors (Lipinski definition) is 4. The number of carbonyl (C=O) groups is 1. The van der Waals surface area contributed by atoms with E-state index >= 15 is 0 Å². The van der Waals surface area contributed by atoms with Gasteiger partial charge in [0.05, 0.1) is 18.8 Å². The molecule has 2 rings (SSSR count). The van der Waals surface area contributed by atoms with Gasteiger partial charge in [-0.15, -0.1) is 12.4 Å². The molecule has 1 aromatic carbocycles. The Morgan fingerprint density at radius 3 is 2.91 bits per heavy atom. The highest BCUT2D eigenvalue weighted by Gasteiger charge is 2.20. The summed E-state index contributed by atoms with van der Waals surface area (Å²) in [5.74, 6) is 0.735. The van der Waals surface area contributed by atoms with Gasteiger partial charge < -0.3 is 15.4 Å². The van der Waals surface area contributed by atoms with Gasteiger partial charge in [-0.05, 0) is 45.5 Å². The Hall–Kier alpha value is -1.30. The lowest BCUT2D eigenvalue weighted by atomic mass is 10.1. The van der Waals surface area contributed by atoms with Crippen LogP contribution in [-0.2, 0) is 4.79 Å². The van der Waals surface area contributed by atoms with Crippen molar-refractivity contribution in [1.29, 1.82) is 0 Å². The van der Waals surface area contributed by atoms with Crippen molar-refractivity contribution in [2.45, 2.75) is 25.8 Å². The van der Waals surface area contributed by atoms with Crippen molar-refractivity contribution in [3.63, 3.8) is 0 Å². The van der Waals surface area contributed by atoms with E-state index in [1.54, 1.807) is 0 Å². The Balaban J connectivity index is 0.00000242. The van der Waals surface area contributed by atoms with Crippen LogP contribution in [0.25, 0.3) is 0 Å². The van der Waals surface area contributed by atoms with Crippen LogP contribution in [0.5, 0.6) is 5.75 Å². The first kappa shape index (κ1) is 18.7. The van der Waals surface area contributed by atoms with Gasteiger partial charge in [0.25, 0.3) is 0 Å². The SMILES string of the molecule is CCOc1ccccc1NC(=O)CN1CCCC(NC)C1.Cl. The topological polar surface area (TPSA) is 53.6 Å². The second-order valence-corrected chi connectivity index (χ2v) is 5.34. The van der Waals surface area contributed by atoms with Crippen LogP contribution in [0.2, 0.25) is 0 Å². The number of carbonyl (C=O) groups excluding carboxylic acids is 1. The first-order valence-electron chi connectivity index (χ1n) is 7.64. The van der Waals surface area contributed by atoms with E-state index < -0.39 is 0 Å². The van der Waals surface area contributed by atoms with Crippen LogP contribution in [0.3, 0.4) is 0 Å². The second-order valence-electron chi connectivity index (χ2n) is 5.34. The predicted octanol–water partition coefficient (Wildman–Crippen LogP) is 2.13. The number of hydrogen-bond donors (Lipinski definition) is 2. The highest BCUT2D eigenvalue weighted by atomic mass is 35.5. The summed E-state index contributed by atoms with van der Waals surface area (Å²) in [6.45, 7) is 4.86. The van der Waals surface area contributed by atoms with Gasteiger partial charge >= 0.3 is 0 Å². The number of nitrogens with one attached hydrogen (secondary N) is 2. The third kappa shape index (κ3) is 5.48. The van der Waals surface area contributed by atoms with Gasteiger partial charge in [0.15, 0.2) is 0 Å². The second kappa shape index (κ2) is 9.66. The van der Waals surface area contributed by atoms with Crippen LogP contribution < -0.4 is 15.4 Å². The van der Waals surface area contributed by atoms with Crippen LogP contribution in [0.4, 0.5) is 5.69 Å². The minimum atomic E-state index is 0. The number of nitrogens with zero attached hydrogens (tertiary/aromatic N) is 1. The molecule has 0 bridgehead atoms. The molecule has 1 fully saturated rings. The largest absolute Gasteiger partial charge is 0.492 e. The van der Waals surface area contributed by atoms with E-state index in [-0.39, 0.29) is 18.3 Å². The Morgan fingerprint density at radius 2 is 2.18 bits per heavy atom. The van der Waals surface area contributed by atoms with Crippen molar-refractivity contribution in [2.75, 3.05) is 38.6 Å². The Labute approximate surface area is 138 Å². The van der Waals surface area contributed by atoms with Crippen molar-refractivity contribution in [1.82, 2.24) is 10.2 Å². The molecule has 22 heavy (non-hydrogen) atoms. The Kier molecular flexibility index (Phi) is 8.24. The zero-order valence-electron chi connectivity index (χ0n) is 13.3. The molecule has 0 saturated carbocycles. The van der Waals surface area contributed by atoms with Crippen LogP contribution >= 0.6 is 12.4 Å². The van der Waals surface area contributed by atoms with Crippen molar-refractivity contribution in [3.8, 4) is 5.75 Å². The fourth-order valence-corrected chi connectivity index (χ4v) is 2.68. The van der Waals surface area contributed by atoms with Crippen molar-refractivity contribution >= 4 is 24.0 Å². The molecule has 1 unspecified atom stereocenters. The van der Waals surface area contributed by atoms with E-state index in [0.717, 1.165) is 30.9 Å². The third-order valence-electron chi connectivity index (χ3n) is 3.74. The lowest BCUT2D eigenvalue weighted by Gasteiger charge is -2.31. The van der Waals surface area contributed by atoms with Gasteiger partial charge in [0.1, 0.15) is 5.75 Å². The van der Waals surface area contributed by atoms with Gasteiger partial charge in [-0.25, -0.2) is 0 Å². The molecule has 0 spiro atoms.